The number of benzene rings is 4. The van der Waals surface area contributed by atoms with E-state index in [1.165, 1.54) is 50.8 Å². The molecular formula is C35H31N3OS. The van der Waals surface area contributed by atoms with E-state index in [2.05, 4.69) is 85.6 Å². The number of amides is 2. The predicted molar refractivity (Wildman–Crippen MR) is 168 cm³/mol. The van der Waals surface area contributed by atoms with Gasteiger partial charge in [0.25, 0.3) is 0 Å². The lowest BCUT2D eigenvalue weighted by Crippen LogP contribution is -2.31. The number of rotatable bonds is 4. The van der Waals surface area contributed by atoms with Gasteiger partial charge in [0.1, 0.15) is 0 Å². The van der Waals surface area contributed by atoms with E-state index in [-0.39, 0.29) is 0 Å². The lowest BCUT2D eigenvalue weighted by atomic mass is 9.79. The fourth-order valence-electron chi connectivity index (χ4n) is 6.39. The first-order chi connectivity index (χ1) is 19.5. The van der Waals surface area contributed by atoms with Crippen LogP contribution in [0, 0.1) is 0 Å². The summed E-state index contributed by atoms with van der Waals surface area (Å²) in [5.41, 5.74) is 14.9. The number of anilines is 2. The monoisotopic (exact) mass is 541 g/mol. The Morgan fingerprint density at radius 1 is 0.850 bits per heavy atom. The molecule has 2 aliphatic carbocycles. The molecule has 0 saturated carbocycles. The van der Waals surface area contributed by atoms with Crippen LogP contribution in [0.1, 0.15) is 55.0 Å². The topological polar surface area (TPSA) is 59.2 Å². The van der Waals surface area contributed by atoms with E-state index < -0.39 is 6.03 Å². The molecule has 2 aliphatic rings. The summed E-state index contributed by atoms with van der Waals surface area (Å²) >= 11 is 1.51. The number of urea groups is 1. The predicted octanol–water partition coefficient (Wildman–Crippen LogP) is 9.51. The van der Waals surface area contributed by atoms with Gasteiger partial charge in [0.15, 0.2) is 5.13 Å². The molecule has 0 spiro atoms. The normalized spacial score (nSPS) is 14.6. The number of nitrogens with two attached hydrogens (primary N) is 1. The van der Waals surface area contributed by atoms with Crippen LogP contribution in [0.5, 0.6) is 0 Å². The molecular weight excluding hydrogens is 510 g/mol. The minimum Gasteiger partial charge on any atom is -0.351 e. The molecule has 0 aliphatic heterocycles. The molecule has 0 bridgehead atoms. The van der Waals surface area contributed by atoms with Crippen LogP contribution in [0.15, 0.2) is 90.7 Å². The van der Waals surface area contributed by atoms with Gasteiger partial charge in [0, 0.05) is 16.5 Å². The summed E-state index contributed by atoms with van der Waals surface area (Å²) in [6.45, 7) is 4.25. The number of aryl methyl sites for hydroxylation is 1. The second kappa shape index (κ2) is 9.76. The second-order valence-electron chi connectivity index (χ2n) is 11.0. The summed E-state index contributed by atoms with van der Waals surface area (Å²) in [6.07, 6.45) is 11.1. The number of carbonyl (C=O) groups excluding carboxylic acids is 1. The zero-order chi connectivity index (χ0) is 27.4. The molecule has 4 aromatic carbocycles. The Kier molecular flexibility index (Phi) is 6.05. The Morgan fingerprint density at radius 2 is 1.57 bits per heavy atom. The van der Waals surface area contributed by atoms with Gasteiger partial charge in [-0.2, -0.15) is 0 Å². The number of aromatic nitrogens is 1. The molecule has 2 amide bonds. The van der Waals surface area contributed by atoms with Gasteiger partial charge in [-0.25, -0.2) is 14.7 Å². The molecule has 5 aromatic rings. The van der Waals surface area contributed by atoms with E-state index in [0.29, 0.717) is 11.0 Å². The van der Waals surface area contributed by atoms with Gasteiger partial charge in [0.2, 0.25) is 0 Å². The fraction of sp³-hybridized carbons (Fsp3) is 0.200. The lowest BCUT2D eigenvalue weighted by Gasteiger charge is -2.26. The zero-order valence-electron chi connectivity index (χ0n) is 22.8. The highest BCUT2D eigenvalue weighted by atomic mass is 32.1. The minimum absolute atomic E-state index is 0.328. The molecule has 7 rings (SSSR count). The molecule has 1 heterocycles. The van der Waals surface area contributed by atoms with Crippen LogP contribution in [-0.4, -0.2) is 11.0 Å². The molecule has 0 radical (unpaired) electrons. The third kappa shape index (κ3) is 3.96. The first-order valence-corrected chi connectivity index (χ1v) is 14.8. The first-order valence-electron chi connectivity index (χ1n) is 14.0. The van der Waals surface area contributed by atoms with Crippen molar-refractivity contribution in [2.24, 2.45) is 5.73 Å². The fourth-order valence-corrected chi connectivity index (χ4v) is 7.33. The van der Waals surface area contributed by atoms with Crippen molar-refractivity contribution in [1.29, 1.82) is 0 Å². The molecule has 1 aromatic heterocycles. The SMILES string of the molecule is CC(C)c1cnc(N(C(N)=O)c2cccc3c(-c4cccc5c6c(ccc45)C4=C(CCC=C4)CC6)cccc23)s1. The zero-order valence-corrected chi connectivity index (χ0v) is 23.6. The molecule has 5 heteroatoms. The number of hydrogen-bond acceptors (Lipinski definition) is 3. The summed E-state index contributed by atoms with van der Waals surface area (Å²) in [6, 6.07) is 23.2. The van der Waals surface area contributed by atoms with Crippen molar-refractivity contribution in [3.63, 3.8) is 0 Å². The molecule has 0 unspecified atom stereocenters. The maximum absolute atomic E-state index is 12.8. The van der Waals surface area contributed by atoms with Gasteiger partial charge in [-0.05, 0) is 81.7 Å². The summed E-state index contributed by atoms with van der Waals surface area (Å²) in [5, 5.41) is 5.23. The number of allylic oxidation sites excluding steroid dienone is 4. The Hall–Kier alpha value is -4.22. The van der Waals surface area contributed by atoms with Crippen LogP contribution in [0.25, 0.3) is 38.2 Å². The van der Waals surface area contributed by atoms with Crippen LogP contribution in [-0.2, 0) is 6.42 Å². The summed E-state index contributed by atoms with van der Waals surface area (Å²) in [4.78, 5) is 20.0. The third-order valence-electron chi connectivity index (χ3n) is 8.34. The van der Waals surface area contributed by atoms with Crippen molar-refractivity contribution in [3.05, 3.63) is 107 Å². The molecule has 0 atom stereocenters. The van der Waals surface area contributed by atoms with Crippen LogP contribution < -0.4 is 10.6 Å². The van der Waals surface area contributed by atoms with Crippen LogP contribution in [0.4, 0.5) is 15.6 Å². The number of primary amides is 1. The largest absolute Gasteiger partial charge is 0.351 e. The van der Waals surface area contributed by atoms with Crippen LogP contribution in [0.3, 0.4) is 0 Å². The summed E-state index contributed by atoms with van der Waals surface area (Å²) < 4.78 is 0. The van der Waals surface area contributed by atoms with Crippen molar-refractivity contribution in [1.82, 2.24) is 4.98 Å². The van der Waals surface area contributed by atoms with E-state index in [9.17, 15) is 4.79 Å². The molecule has 4 nitrogen and oxygen atoms in total. The van der Waals surface area contributed by atoms with Gasteiger partial charge < -0.3 is 5.73 Å². The molecule has 0 saturated heterocycles. The summed E-state index contributed by atoms with van der Waals surface area (Å²) in [7, 11) is 0. The minimum atomic E-state index is -0.537. The Morgan fingerprint density at radius 3 is 2.33 bits per heavy atom. The first kappa shape index (κ1) is 24.8. The average Bonchev–Trinajstić information content (AvgIpc) is 3.46. The van der Waals surface area contributed by atoms with Gasteiger partial charge in [-0.15, -0.1) is 11.3 Å². The number of nitrogens with zero attached hydrogens (tertiary/aromatic N) is 2. The number of carbonyl (C=O) groups is 1. The molecule has 40 heavy (non-hydrogen) atoms. The van der Waals surface area contributed by atoms with E-state index >= 15 is 0 Å². The van der Waals surface area contributed by atoms with Crippen molar-refractivity contribution in [2.45, 2.75) is 45.4 Å². The van der Waals surface area contributed by atoms with E-state index in [1.807, 2.05) is 18.3 Å². The third-order valence-corrected chi connectivity index (χ3v) is 9.62. The highest BCUT2D eigenvalue weighted by molar-refractivity contribution is 7.16. The highest BCUT2D eigenvalue weighted by Crippen LogP contribution is 2.44. The van der Waals surface area contributed by atoms with Gasteiger partial charge in [-0.1, -0.05) is 92.2 Å². The van der Waals surface area contributed by atoms with Crippen LogP contribution >= 0.6 is 11.3 Å². The average molecular weight is 542 g/mol. The van der Waals surface area contributed by atoms with E-state index in [0.717, 1.165) is 46.2 Å². The summed E-state index contributed by atoms with van der Waals surface area (Å²) in [5.74, 6) is 0.328. The molecule has 0 fully saturated rings. The smallest absolute Gasteiger partial charge is 0.325 e. The number of thiazole rings is 1. The van der Waals surface area contributed by atoms with Crippen LogP contribution in [0.2, 0.25) is 0 Å². The highest BCUT2D eigenvalue weighted by Gasteiger charge is 2.24. The van der Waals surface area contributed by atoms with Crippen molar-refractivity contribution < 1.29 is 4.79 Å². The maximum Gasteiger partial charge on any atom is 0.325 e. The Balaban J connectivity index is 1.40. The number of hydrogen-bond donors (Lipinski definition) is 1. The second-order valence-corrected chi connectivity index (χ2v) is 12.0. The molecule has 198 valence electrons. The Labute approximate surface area is 238 Å². The van der Waals surface area contributed by atoms with E-state index in [4.69, 9.17) is 5.73 Å². The van der Waals surface area contributed by atoms with Crippen molar-refractivity contribution in [2.75, 3.05) is 4.90 Å². The molecule has 2 N–H and O–H groups in total. The lowest BCUT2D eigenvalue weighted by molar-refractivity contribution is 0.256. The Bertz CT molecular complexity index is 1880. The number of fused-ring (bicyclic) bond motifs is 5. The quantitative estimate of drug-likeness (QED) is 0.246. The van der Waals surface area contributed by atoms with Gasteiger partial charge >= 0.3 is 6.03 Å². The van der Waals surface area contributed by atoms with Crippen molar-refractivity contribution in [3.8, 4) is 11.1 Å². The van der Waals surface area contributed by atoms with Gasteiger partial charge in [0.05, 0.1) is 5.69 Å². The van der Waals surface area contributed by atoms with Crippen molar-refractivity contribution >= 4 is 55.3 Å². The maximum atomic E-state index is 12.8. The van der Waals surface area contributed by atoms with E-state index in [1.54, 1.807) is 10.5 Å². The van der Waals surface area contributed by atoms with Gasteiger partial charge in [-0.3, -0.25) is 0 Å². The standard InChI is InChI=1S/C35H31N3OS/c1-21(2)33-20-37-35(40-33)38(34(36)39)32-15-7-13-27-24(12-6-14-31(27)32)25-10-5-11-26-29-17-16-22-8-3-4-9-23(22)28(29)18-19-30(25)26/h4-7,9-15,18-21H,3,8,16-17H2,1-2H3,(H2,36,39).